The van der Waals surface area contributed by atoms with Crippen LogP contribution in [0.4, 0.5) is 0 Å². The van der Waals surface area contributed by atoms with Crippen LogP contribution in [0.1, 0.15) is 22.3 Å². The van der Waals surface area contributed by atoms with E-state index in [0.717, 1.165) is 39.3 Å². The van der Waals surface area contributed by atoms with Crippen molar-refractivity contribution in [2.45, 2.75) is 13.1 Å². The first-order valence-corrected chi connectivity index (χ1v) is 8.65. The van der Waals surface area contributed by atoms with Crippen LogP contribution >= 0.6 is 0 Å². The lowest BCUT2D eigenvalue weighted by molar-refractivity contribution is 0.122. The average molecular weight is 318 g/mol. The van der Waals surface area contributed by atoms with Crippen LogP contribution in [0.5, 0.6) is 0 Å². The summed E-state index contributed by atoms with van der Waals surface area (Å²) in [5.41, 5.74) is 5.25. The molecule has 24 heavy (non-hydrogen) atoms. The Morgan fingerprint density at radius 2 is 1.04 bits per heavy atom. The fourth-order valence-corrected chi connectivity index (χ4v) is 3.34. The average Bonchev–Trinajstić information content (AvgIpc) is 2.64. The van der Waals surface area contributed by atoms with E-state index in [1.54, 1.807) is 0 Å². The van der Waals surface area contributed by atoms with Gasteiger partial charge in [0, 0.05) is 39.3 Å². The van der Waals surface area contributed by atoms with Gasteiger partial charge in [0.15, 0.2) is 0 Å². The largest absolute Gasteiger partial charge is 0.297 e. The molecule has 1 fully saturated rings. The quantitative estimate of drug-likeness (QED) is 0.784. The summed E-state index contributed by atoms with van der Waals surface area (Å²) in [5.74, 6) is 0. The molecule has 0 N–H and O–H groups in total. The van der Waals surface area contributed by atoms with Crippen LogP contribution in [-0.4, -0.2) is 36.0 Å². The summed E-state index contributed by atoms with van der Waals surface area (Å²) in [7, 11) is 0. The molecule has 2 aromatic carbocycles. The maximum Gasteiger partial charge on any atom is 0.0240 e. The Balaban J connectivity index is 1.56. The molecular weight excluding hydrogens is 292 g/mol. The standard InChI is InChI=1S/C22H26N2/c1-3-19-9-5-7-11-21(19)17-23-13-15-24(16-14-23)18-22-12-8-6-10-20(22)4-2/h3-12H,1-2,13-18H2. The number of hydrogen-bond donors (Lipinski definition) is 0. The molecule has 0 saturated carbocycles. The van der Waals surface area contributed by atoms with Crippen LogP contribution in [0.2, 0.25) is 0 Å². The highest BCUT2D eigenvalue weighted by Gasteiger charge is 2.18. The molecule has 3 rings (SSSR count). The van der Waals surface area contributed by atoms with E-state index in [4.69, 9.17) is 0 Å². The van der Waals surface area contributed by atoms with E-state index >= 15 is 0 Å². The van der Waals surface area contributed by atoms with Gasteiger partial charge in [0.2, 0.25) is 0 Å². The van der Waals surface area contributed by atoms with Gasteiger partial charge in [-0.15, -0.1) is 0 Å². The van der Waals surface area contributed by atoms with E-state index in [9.17, 15) is 0 Å². The molecule has 0 radical (unpaired) electrons. The van der Waals surface area contributed by atoms with Crippen LogP contribution in [0.15, 0.2) is 61.7 Å². The predicted octanol–water partition coefficient (Wildman–Crippen LogP) is 4.29. The topological polar surface area (TPSA) is 6.48 Å². The molecule has 2 aromatic rings. The lowest BCUT2D eigenvalue weighted by Crippen LogP contribution is -2.45. The van der Waals surface area contributed by atoms with Crippen molar-refractivity contribution in [3.05, 3.63) is 83.9 Å². The molecule has 0 unspecified atom stereocenters. The Bertz CT molecular complexity index is 635. The molecule has 0 atom stereocenters. The van der Waals surface area contributed by atoms with Crippen molar-refractivity contribution in [2.24, 2.45) is 0 Å². The van der Waals surface area contributed by atoms with E-state index in [-0.39, 0.29) is 0 Å². The van der Waals surface area contributed by atoms with Crippen molar-refractivity contribution in [3.63, 3.8) is 0 Å². The molecule has 2 heteroatoms. The minimum atomic E-state index is 1.01. The zero-order valence-electron chi connectivity index (χ0n) is 14.3. The van der Waals surface area contributed by atoms with Gasteiger partial charge in [-0.25, -0.2) is 0 Å². The Morgan fingerprint density at radius 1 is 0.667 bits per heavy atom. The monoisotopic (exact) mass is 318 g/mol. The normalized spacial score (nSPS) is 16.0. The van der Waals surface area contributed by atoms with Crippen LogP contribution in [0.25, 0.3) is 12.2 Å². The van der Waals surface area contributed by atoms with Crippen molar-refractivity contribution >= 4 is 12.2 Å². The highest BCUT2D eigenvalue weighted by Crippen LogP contribution is 2.17. The summed E-state index contributed by atoms with van der Waals surface area (Å²) in [6.07, 6.45) is 3.91. The Hall–Kier alpha value is -2.16. The highest BCUT2D eigenvalue weighted by atomic mass is 15.3. The summed E-state index contributed by atoms with van der Waals surface area (Å²) in [5, 5.41) is 0. The molecule has 1 saturated heterocycles. The molecule has 1 heterocycles. The molecule has 0 bridgehead atoms. The molecular formula is C22H26N2. The second-order valence-corrected chi connectivity index (χ2v) is 6.36. The van der Waals surface area contributed by atoms with E-state index in [0.29, 0.717) is 0 Å². The maximum atomic E-state index is 3.93. The first kappa shape index (κ1) is 16.7. The lowest BCUT2D eigenvalue weighted by Gasteiger charge is -2.35. The summed E-state index contributed by atoms with van der Waals surface area (Å²) in [6, 6.07) is 17.1. The summed E-state index contributed by atoms with van der Waals surface area (Å²) < 4.78 is 0. The molecule has 2 nitrogen and oxygen atoms in total. The molecule has 0 aromatic heterocycles. The molecule has 0 spiro atoms. The van der Waals surface area contributed by atoms with Crippen LogP contribution in [0, 0.1) is 0 Å². The molecule has 1 aliphatic rings. The van der Waals surface area contributed by atoms with Gasteiger partial charge in [-0.3, -0.25) is 9.80 Å². The van der Waals surface area contributed by atoms with E-state index in [1.807, 2.05) is 12.2 Å². The number of benzene rings is 2. The zero-order valence-corrected chi connectivity index (χ0v) is 14.3. The van der Waals surface area contributed by atoms with E-state index < -0.39 is 0 Å². The van der Waals surface area contributed by atoms with Gasteiger partial charge in [-0.1, -0.05) is 73.8 Å². The maximum absolute atomic E-state index is 3.93. The van der Waals surface area contributed by atoms with E-state index in [2.05, 4.69) is 71.5 Å². The van der Waals surface area contributed by atoms with Crippen LogP contribution < -0.4 is 0 Å². The molecule has 0 amide bonds. The van der Waals surface area contributed by atoms with Gasteiger partial charge in [-0.2, -0.15) is 0 Å². The van der Waals surface area contributed by atoms with Gasteiger partial charge < -0.3 is 0 Å². The first-order valence-electron chi connectivity index (χ1n) is 8.65. The van der Waals surface area contributed by atoms with Crippen molar-refractivity contribution in [1.82, 2.24) is 9.80 Å². The van der Waals surface area contributed by atoms with E-state index in [1.165, 1.54) is 22.3 Å². The Kier molecular flexibility index (Phi) is 5.63. The fourth-order valence-electron chi connectivity index (χ4n) is 3.34. The third-order valence-corrected chi connectivity index (χ3v) is 4.80. The number of nitrogens with zero attached hydrogens (tertiary/aromatic N) is 2. The summed E-state index contributed by atoms with van der Waals surface area (Å²) >= 11 is 0. The van der Waals surface area contributed by atoms with Crippen LogP contribution in [-0.2, 0) is 13.1 Å². The third-order valence-electron chi connectivity index (χ3n) is 4.80. The van der Waals surface area contributed by atoms with Crippen LogP contribution in [0.3, 0.4) is 0 Å². The highest BCUT2D eigenvalue weighted by molar-refractivity contribution is 5.52. The Labute approximate surface area is 145 Å². The van der Waals surface area contributed by atoms with Gasteiger partial charge in [0.1, 0.15) is 0 Å². The summed E-state index contributed by atoms with van der Waals surface area (Å²) in [4.78, 5) is 5.08. The molecule has 0 aliphatic carbocycles. The predicted molar refractivity (Wildman–Crippen MR) is 104 cm³/mol. The SMILES string of the molecule is C=Cc1ccccc1CN1CCN(Cc2ccccc2C=C)CC1. The van der Waals surface area contributed by atoms with Crippen molar-refractivity contribution < 1.29 is 0 Å². The second kappa shape index (κ2) is 8.09. The van der Waals surface area contributed by atoms with Gasteiger partial charge in [-0.05, 0) is 22.3 Å². The Morgan fingerprint density at radius 3 is 1.42 bits per heavy atom. The second-order valence-electron chi connectivity index (χ2n) is 6.36. The molecule has 124 valence electrons. The lowest BCUT2D eigenvalue weighted by atomic mass is 10.1. The number of piperazine rings is 1. The number of hydrogen-bond acceptors (Lipinski definition) is 2. The van der Waals surface area contributed by atoms with Gasteiger partial charge in [0.25, 0.3) is 0 Å². The zero-order chi connectivity index (χ0) is 16.8. The fraction of sp³-hybridized carbons (Fsp3) is 0.273. The van der Waals surface area contributed by atoms with Gasteiger partial charge >= 0.3 is 0 Å². The minimum absolute atomic E-state index is 1.01. The molecule has 1 aliphatic heterocycles. The first-order chi connectivity index (χ1) is 11.8. The van der Waals surface area contributed by atoms with Crippen molar-refractivity contribution in [1.29, 1.82) is 0 Å². The van der Waals surface area contributed by atoms with Gasteiger partial charge in [0.05, 0.1) is 0 Å². The summed E-state index contributed by atoms with van der Waals surface area (Å²) in [6.45, 7) is 14.3. The number of rotatable bonds is 6. The van der Waals surface area contributed by atoms with Crippen molar-refractivity contribution in [2.75, 3.05) is 26.2 Å². The van der Waals surface area contributed by atoms with Crippen molar-refractivity contribution in [3.8, 4) is 0 Å². The third kappa shape index (κ3) is 4.02. The minimum Gasteiger partial charge on any atom is -0.297 e. The smallest absolute Gasteiger partial charge is 0.0240 e.